The van der Waals surface area contributed by atoms with Crippen LogP contribution in [0.2, 0.25) is 0 Å². The van der Waals surface area contributed by atoms with E-state index in [1.165, 1.54) is 43.5 Å². The van der Waals surface area contributed by atoms with E-state index in [2.05, 4.69) is 46.9 Å². The molecule has 3 aromatic rings. The van der Waals surface area contributed by atoms with Crippen molar-refractivity contribution >= 4 is 53.3 Å². The second-order valence-corrected chi connectivity index (χ2v) is 17.6. The number of nitrogens with zero attached hydrogens (tertiary/aromatic N) is 4. The molecule has 1 aromatic heterocycles. The van der Waals surface area contributed by atoms with Gasteiger partial charge < -0.3 is 68.4 Å². The maximum atomic E-state index is 14.5. The van der Waals surface area contributed by atoms with Crippen molar-refractivity contribution in [3.8, 4) is 5.75 Å². The van der Waals surface area contributed by atoms with Gasteiger partial charge in [-0.2, -0.15) is 0 Å². The molecule has 0 radical (unpaired) electrons. The monoisotopic (exact) mass is 988 g/mol. The van der Waals surface area contributed by atoms with Crippen molar-refractivity contribution in [2.45, 2.75) is 114 Å². The number of benzene rings is 2. The second kappa shape index (κ2) is 27.6. The van der Waals surface area contributed by atoms with Gasteiger partial charge in [-0.3, -0.25) is 38.6 Å². The van der Waals surface area contributed by atoms with Crippen LogP contribution in [0.3, 0.4) is 0 Å². The number of carbonyl (C=O) groups is 8. The minimum absolute atomic E-state index is 0.0153. The number of carbonyl (C=O) groups excluding carboxylic acids is 7. The van der Waals surface area contributed by atoms with Crippen LogP contribution < -0.4 is 43.4 Å². The molecule has 2 heterocycles. The number of aromatic hydroxyl groups is 1. The van der Waals surface area contributed by atoms with Crippen LogP contribution in [-0.2, 0) is 57.6 Å². The highest BCUT2D eigenvalue weighted by atomic mass is 16.4. The zero-order valence-corrected chi connectivity index (χ0v) is 40.9. The molecule has 1 fully saturated rings. The van der Waals surface area contributed by atoms with Crippen LogP contribution >= 0.6 is 0 Å². The number of carboxylic acids is 1. The van der Waals surface area contributed by atoms with Crippen LogP contribution in [0, 0.1) is 5.92 Å². The lowest BCUT2D eigenvalue weighted by molar-refractivity contribution is -0.145. The minimum Gasteiger partial charge on any atom is -0.508 e. The SMILES string of the molecule is CC[C@@H](C)[C@@H](NC(=O)[C@H](Cc1ccc(O)cc1)NC(=O)[C@H](C)N(C)C(=O)[C@H](CCCN=C(N)N)NC(=O)CNC)C(=O)N[C@@H](Cc1cnc[nH]1)C(=O)N1CCC[C@H]1C(=O)N[C@@H](Cc1ccccc1)C(=O)O. The maximum absolute atomic E-state index is 14.5. The number of nitrogens with one attached hydrogen (secondary N) is 7. The molecule has 13 N–H and O–H groups in total. The van der Waals surface area contributed by atoms with Crippen LogP contribution in [0.4, 0.5) is 0 Å². The molecule has 386 valence electrons. The fourth-order valence-electron chi connectivity index (χ4n) is 8.00. The summed E-state index contributed by atoms with van der Waals surface area (Å²) in [5.41, 5.74) is 12.6. The van der Waals surface area contributed by atoms with Gasteiger partial charge in [-0.25, -0.2) is 9.78 Å². The number of H-pyrrole nitrogens is 1. The molecule has 0 saturated carbocycles. The number of imidazole rings is 1. The summed E-state index contributed by atoms with van der Waals surface area (Å²) in [5, 5.41) is 36.3. The molecule has 0 bridgehead atoms. The Balaban J connectivity index is 1.56. The highest BCUT2D eigenvalue weighted by molar-refractivity contribution is 5.98. The summed E-state index contributed by atoms with van der Waals surface area (Å²) in [5.74, 6) is -6.53. The van der Waals surface area contributed by atoms with Gasteiger partial charge in [0.1, 0.15) is 48.0 Å². The number of guanidine groups is 1. The molecule has 23 nitrogen and oxygen atoms in total. The number of phenols is 1. The van der Waals surface area contributed by atoms with E-state index in [-0.39, 0.29) is 63.4 Å². The number of hydrogen-bond donors (Lipinski definition) is 11. The number of aromatic nitrogens is 2. The van der Waals surface area contributed by atoms with Crippen molar-refractivity contribution < 1.29 is 48.6 Å². The molecule has 4 rings (SSSR count). The van der Waals surface area contributed by atoms with Crippen LogP contribution in [0.25, 0.3) is 0 Å². The Bertz CT molecular complexity index is 2290. The zero-order valence-electron chi connectivity index (χ0n) is 40.9. The van der Waals surface area contributed by atoms with Crippen molar-refractivity contribution in [1.82, 2.24) is 51.7 Å². The summed E-state index contributed by atoms with van der Waals surface area (Å²) >= 11 is 0. The number of carboxylic acid groups (broad SMARTS) is 1. The summed E-state index contributed by atoms with van der Waals surface area (Å²) < 4.78 is 0. The van der Waals surface area contributed by atoms with Gasteiger partial charge in [-0.05, 0) is 68.8 Å². The first-order valence-electron chi connectivity index (χ1n) is 23.6. The number of likely N-dealkylation sites (N-methyl/N-ethyl adjacent to an activating group) is 2. The number of rotatable bonds is 27. The Morgan fingerprint density at radius 3 is 2.13 bits per heavy atom. The molecule has 8 atom stereocenters. The van der Waals surface area contributed by atoms with Gasteiger partial charge in [0, 0.05) is 51.3 Å². The first-order chi connectivity index (χ1) is 33.8. The average molecular weight is 988 g/mol. The first-order valence-corrected chi connectivity index (χ1v) is 23.6. The van der Waals surface area contributed by atoms with Crippen LogP contribution in [-0.4, -0.2) is 159 Å². The Labute approximate surface area is 412 Å². The summed E-state index contributed by atoms with van der Waals surface area (Å²) in [6.07, 6.45) is 4.23. The number of amides is 7. The molecule has 0 unspecified atom stereocenters. The maximum Gasteiger partial charge on any atom is 0.326 e. The average Bonchev–Trinajstić information content (AvgIpc) is 4.06. The van der Waals surface area contributed by atoms with Gasteiger partial charge in [0.25, 0.3) is 0 Å². The van der Waals surface area contributed by atoms with Crippen molar-refractivity contribution in [3.63, 3.8) is 0 Å². The van der Waals surface area contributed by atoms with Crippen molar-refractivity contribution in [2.75, 3.05) is 33.7 Å². The van der Waals surface area contributed by atoms with E-state index in [1.54, 1.807) is 63.4 Å². The lowest BCUT2D eigenvalue weighted by Crippen LogP contribution is -2.61. The van der Waals surface area contributed by atoms with Crippen molar-refractivity contribution in [3.05, 3.63) is 83.9 Å². The predicted octanol–water partition coefficient (Wildman–Crippen LogP) is -1.19. The summed E-state index contributed by atoms with van der Waals surface area (Å²) in [4.78, 5) is 123. The normalized spacial score (nSPS) is 16.1. The van der Waals surface area contributed by atoms with Gasteiger partial charge in [-0.1, -0.05) is 62.7 Å². The Morgan fingerprint density at radius 1 is 0.845 bits per heavy atom. The fourth-order valence-corrected chi connectivity index (χ4v) is 8.00. The summed E-state index contributed by atoms with van der Waals surface area (Å²) in [7, 11) is 2.95. The minimum atomic E-state index is -1.34. The molecule has 1 saturated heterocycles. The number of hydrogen-bond acceptors (Lipinski definition) is 12. The fraction of sp³-hybridized carbons (Fsp3) is 0.500. The lowest BCUT2D eigenvalue weighted by atomic mass is 9.96. The molecule has 7 amide bonds. The molecule has 2 aromatic carbocycles. The number of aromatic amines is 1. The zero-order chi connectivity index (χ0) is 52.2. The van der Waals surface area contributed by atoms with E-state index < -0.39 is 95.5 Å². The van der Waals surface area contributed by atoms with Gasteiger partial charge in [0.2, 0.25) is 41.4 Å². The van der Waals surface area contributed by atoms with Crippen LogP contribution in [0.15, 0.2) is 72.1 Å². The lowest BCUT2D eigenvalue weighted by Gasteiger charge is -2.32. The van der Waals surface area contributed by atoms with E-state index in [4.69, 9.17) is 11.5 Å². The standard InChI is InChI=1S/C48H69N13O10/c1-6-28(2)40(44(67)57-36(24-32-25-52-27-54-32)46(69)61-21-11-15-38(61)43(66)58-37(47(70)71)23-30-12-8-7-9-13-30)59-42(65)35(22-31-16-18-33(62)19-17-31)56-41(64)29(3)60(5)45(68)34(55-39(63)26-51-4)14-10-20-53-48(49)50/h7-9,12-13,16-19,25,27-29,34-38,40,51,62H,6,10-11,14-15,20-24,26H2,1-5H3,(H,52,54)(H,55,63)(H,56,64)(H,57,67)(H,58,66)(H,59,65)(H,70,71)(H4,49,50,53)/t28-,29+,34+,35+,36+,37+,38+,40-/m1/s1. The molecular formula is C48H69N13O10. The third-order valence-electron chi connectivity index (χ3n) is 12.4. The number of nitrogens with two attached hydrogens (primary N) is 2. The highest BCUT2D eigenvalue weighted by Crippen LogP contribution is 2.21. The molecule has 23 heteroatoms. The van der Waals surface area contributed by atoms with Crippen LogP contribution in [0.5, 0.6) is 5.75 Å². The van der Waals surface area contributed by atoms with Gasteiger partial charge >= 0.3 is 5.97 Å². The smallest absolute Gasteiger partial charge is 0.326 e. The summed E-state index contributed by atoms with van der Waals surface area (Å²) in [6, 6.07) is 6.31. The van der Waals surface area contributed by atoms with Gasteiger partial charge in [-0.15, -0.1) is 0 Å². The molecule has 0 spiro atoms. The number of phenolic OH excluding ortho intramolecular Hbond substituents is 1. The molecule has 1 aliphatic rings. The Kier molecular flexibility index (Phi) is 21.8. The van der Waals surface area contributed by atoms with Crippen molar-refractivity contribution in [1.29, 1.82) is 0 Å². The van der Waals surface area contributed by atoms with E-state index in [9.17, 15) is 48.6 Å². The van der Waals surface area contributed by atoms with Crippen LogP contribution in [0.1, 0.15) is 69.7 Å². The van der Waals surface area contributed by atoms with Crippen molar-refractivity contribution in [2.24, 2.45) is 22.4 Å². The number of aliphatic carboxylic acids is 1. The Morgan fingerprint density at radius 2 is 1.51 bits per heavy atom. The third-order valence-corrected chi connectivity index (χ3v) is 12.4. The van der Waals surface area contributed by atoms with Gasteiger partial charge in [0.15, 0.2) is 5.96 Å². The molecule has 71 heavy (non-hydrogen) atoms. The third kappa shape index (κ3) is 17.1. The topological polar surface area (TPSA) is 349 Å². The predicted molar refractivity (Wildman–Crippen MR) is 262 cm³/mol. The molecular weight excluding hydrogens is 919 g/mol. The van der Waals surface area contributed by atoms with E-state index in [0.717, 1.165) is 4.90 Å². The summed E-state index contributed by atoms with van der Waals surface area (Å²) in [6.45, 7) is 5.24. The first kappa shape index (κ1) is 56.0. The second-order valence-electron chi connectivity index (χ2n) is 17.6. The highest BCUT2D eigenvalue weighted by Gasteiger charge is 2.41. The Hall–Kier alpha value is -7.56. The molecule has 1 aliphatic heterocycles. The van der Waals surface area contributed by atoms with E-state index >= 15 is 0 Å². The number of likely N-dealkylation sites (tertiary alicyclic amines) is 1. The van der Waals surface area contributed by atoms with E-state index in [1.807, 2.05) is 0 Å². The largest absolute Gasteiger partial charge is 0.508 e. The van der Waals surface area contributed by atoms with Gasteiger partial charge in [0.05, 0.1) is 12.9 Å². The van der Waals surface area contributed by atoms with E-state index in [0.29, 0.717) is 36.1 Å². The quantitative estimate of drug-likeness (QED) is 0.0243. The number of aliphatic imine (C=N–C) groups is 1. The molecule has 0 aliphatic carbocycles.